The molecule has 1 aromatic rings. The van der Waals surface area contributed by atoms with Crippen LogP contribution in [0.15, 0.2) is 24.5 Å². The van der Waals surface area contributed by atoms with Crippen LogP contribution in [0.25, 0.3) is 0 Å². The van der Waals surface area contributed by atoms with E-state index in [1.165, 1.54) is 0 Å². The molecule has 1 amide bonds. The summed E-state index contributed by atoms with van der Waals surface area (Å²) in [6.07, 6.45) is 3.51. The maximum Gasteiger partial charge on any atom is 0.287 e. The molecule has 0 aliphatic heterocycles. The number of hydrogen-bond donors (Lipinski definition) is 1. The van der Waals surface area contributed by atoms with Crippen LogP contribution in [0.1, 0.15) is 19.4 Å². The first-order valence-corrected chi connectivity index (χ1v) is 5.15. The fraction of sp³-hybridized carbons (Fsp3) is 0.400. The van der Waals surface area contributed by atoms with Crippen LogP contribution >= 0.6 is 15.9 Å². The van der Waals surface area contributed by atoms with Gasteiger partial charge in [-0.2, -0.15) is 0 Å². The van der Waals surface area contributed by atoms with E-state index < -0.39 is 0 Å². The second-order valence-corrected chi connectivity index (χ2v) is 4.47. The summed E-state index contributed by atoms with van der Waals surface area (Å²) < 4.78 is 0. The van der Waals surface area contributed by atoms with Gasteiger partial charge in [-0.25, -0.2) is 0 Å². The zero-order valence-corrected chi connectivity index (χ0v) is 9.84. The summed E-state index contributed by atoms with van der Waals surface area (Å²) in [5.74, 6) is 0. The van der Waals surface area contributed by atoms with Gasteiger partial charge in [0.25, 0.3) is 4.82 Å². The Balaban J connectivity index is 2.70. The molecule has 1 aromatic heterocycles. The molecule has 0 unspecified atom stereocenters. The smallest absolute Gasteiger partial charge is 0.287 e. The summed E-state index contributed by atoms with van der Waals surface area (Å²) in [7, 11) is 0. The minimum absolute atomic E-state index is 0.0770. The minimum atomic E-state index is -0.181. The van der Waals surface area contributed by atoms with Crippen molar-refractivity contribution in [3.8, 4) is 0 Å². The average molecular weight is 257 g/mol. The Bertz CT molecular complexity index is 311. The van der Waals surface area contributed by atoms with Crippen molar-refractivity contribution >= 4 is 20.7 Å². The number of pyridine rings is 1. The monoisotopic (exact) mass is 256 g/mol. The van der Waals surface area contributed by atoms with Crippen molar-refractivity contribution in [2.24, 2.45) is 0 Å². The van der Waals surface area contributed by atoms with E-state index in [9.17, 15) is 4.79 Å². The quantitative estimate of drug-likeness (QED) is 0.667. The van der Waals surface area contributed by atoms with Gasteiger partial charge < -0.3 is 5.32 Å². The van der Waals surface area contributed by atoms with Crippen LogP contribution in [-0.2, 0) is 5.41 Å². The molecule has 1 heterocycles. The van der Waals surface area contributed by atoms with E-state index in [2.05, 4.69) is 40.1 Å². The Hall–Kier alpha value is -0.900. The van der Waals surface area contributed by atoms with Gasteiger partial charge in [0.1, 0.15) is 0 Å². The van der Waals surface area contributed by atoms with Gasteiger partial charge in [-0.15, -0.1) is 0 Å². The molecule has 1 N–H and O–H groups in total. The lowest BCUT2D eigenvalue weighted by Gasteiger charge is -2.24. The average Bonchev–Trinajstić information content (AvgIpc) is 2.16. The Morgan fingerprint density at radius 3 is 2.57 bits per heavy atom. The van der Waals surface area contributed by atoms with Crippen molar-refractivity contribution < 1.29 is 4.79 Å². The SMILES string of the molecule is CC(C)(CNC(=O)Br)c1ccncc1. The van der Waals surface area contributed by atoms with Crippen LogP contribution < -0.4 is 5.32 Å². The molecule has 0 bridgehead atoms. The molecule has 0 radical (unpaired) electrons. The van der Waals surface area contributed by atoms with Crippen molar-refractivity contribution in [2.75, 3.05) is 6.54 Å². The van der Waals surface area contributed by atoms with E-state index in [4.69, 9.17) is 0 Å². The molecule has 3 nitrogen and oxygen atoms in total. The zero-order chi connectivity index (χ0) is 10.6. The van der Waals surface area contributed by atoms with Crippen LogP contribution in [0, 0.1) is 0 Å². The molecule has 0 fully saturated rings. The molecule has 0 atom stereocenters. The van der Waals surface area contributed by atoms with E-state index in [-0.39, 0.29) is 10.2 Å². The number of nitrogens with one attached hydrogen (secondary N) is 1. The normalized spacial score (nSPS) is 11.1. The molecular formula is C10H13BrN2O. The van der Waals surface area contributed by atoms with Gasteiger partial charge >= 0.3 is 0 Å². The van der Waals surface area contributed by atoms with Crippen LogP contribution in [0.4, 0.5) is 4.79 Å². The van der Waals surface area contributed by atoms with E-state index >= 15 is 0 Å². The number of amides is 1. The van der Waals surface area contributed by atoms with E-state index in [1.807, 2.05) is 12.1 Å². The molecule has 4 heteroatoms. The topological polar surface area (TPSA) is 42.0 Å². The van der Waals surface area contributed by atoms with Gasteiger partial charge in [-0.05, 0) is 17.7 Å². The Morgan fingerprint density at radius 2 is 2.07 bits per heavy atom. The van der Waals surface area contributed by atoms with E-state index in [1.54, 1.807) is 12.4 Å². The lowest BCUT2D eigenvalue weighted by Crippen LogP contribution is -2.34. The Kier molecular flexibility index (Phi) is 3.63. The van der Waals surface area contributed by atoms with Crippen LogP contribution in [0.3, 0.4) is 0 Å². The second kappa shape index (κ2) is 4.55. The number of rotatable bonds is 3. The summed E-state index contributed by atoms with van der Waals surface area (Å²) in [6, 6.07) is 3.92. The maximum atomic E-state index is 10.7. The predicted octanol–water partition coefficient (Wildman–Crippen LogP) is 2.46. The summed E-state index contributed by atoms with van der Waals surface area (Å²) in [5, 5.41) is 2.74. The molecule has 0 saturated carbocycles. The first kappa shape index (κ1) is 11.2. The molecule has 76 valence electrons. The predicted molar refractivity (Wildman–Crippen MR) is 59.6 cm³/mol. The number of nitrogens with zero attached hydrogens (tertiary/aromatic N) is 1. The first-order chi connectivity index (χ1) is 6.52. The van der Waals surface area contributed by atoms with Crippen molar-refractivity contribution in [1.82, 2.24) is 10.3 Å². The maximum absolute atomic E-state index is 10.7. The largest absolute Gasteiger partial charge is 0.346 e. The second-order valence-electron chi connectivity index (χ2n) is 3.75. The fourth-order valence-electron chi connectivity index (χ4n) is 1.20. The highest BCUT2D eigenvalue weighted by Gasteiger charge is 2.20. The number of aromatic nitrogens is 1. The molecule has 14 heavy (non-hydrogen) atoms. The first-order valence-electron chi connectivity index (χ1n) is 4.36. The highest BCUT2D eigenvalue weighted by atomic mass is 79.9. The molecule has 0 aromatic carbocycles. The van der Waals surface area contributed by atoms with E-state index in [0.29, 0.717) is 6.54 Å². The molecular weight excluding hydrogens is 244 g/mol. The van der Waals surface area contributed by atoms with Crippen molar-refractivity contribution in [1.29, 1.82) is 0 Å². The Morgan fingerprint density at radius 1 is 1.50 bits per heavy atom. The van der Waals surface area contributed by atoms with Crippen LogP contribution in [-0.4, -0.2) is 16.3 Å². The standard InChI is InChI=1S/C10H13BrN2O/c1-10(2,7-13-9(11)14)8-3-5-12-6-4-8/h3-6H,7H2,1-2H3,(H,13,14). The van der Waals surface area contributed by atoms with Gasteiger partial charge in [0.2, 0.25) is 0 Å². The Labute approximate surface area is 92.1 Å². The summed E-state index contributed by atoms with van der Waals surface area (Å²) in [6.45, 7) is 4.75. The molecule has 1 rings (SSSR count). The van der Waals surface area contributed by atoms with Gasteiger partial charge in [0.05, 0.1) is 0 Å². The highest BCUT2D eigenvalue weighted by Crippen LogP contribution is 2.21. The van der Waals surface area contributed by atoms with Gasteiger partial charge in [0, 0.05) is 40.3 Å². The molecule has 0 aliphatic carbocycles. The van der Waals surface area contributed by atoms with Crippen molar-refractivity contribution in [3.63, 3.8) is 0 Å². The molecule has 0 spiro atoms. The van der Waals surface area contributed by atoms with Gasteiger partial charge in [0.15, 0.2) is 0 Å². The minimum Gasteiger partial charge on any atom is -0.346 e. The van der Waals surface area contributed by atoms with Crippen molar-refractivity contribution in [3.05, 3.63) is 30.1 Å². The lowest BCUT2D eigenvalue weighted by molar-refractivity contribution is 0.259. The number of halogens is 1. The number of hydrogen-bond acceptors (Lipinski definition) is 2. The number of carbonyl (C=O) groups is 1. The van der Waals surface area contributed by atoms with Gasteiger partial charge in [-0.1, -0.05) is 13.8 Å². The lowest BCUT2D eigenvalue weighted by atomic mass is 9.85. The number of carbonyl (C=O) groups excluding carboxylic acids is 1. The third-order valence-electron chi connectivity index (χ3n) is 2.13. The molecule has 0 saturated heterocycles. The third kappa shape index (κ3) is 3.10. The van der Waals surface area contributed by atoms with Crippen molar-refractivity contribution in [2.45, 2.75) is 19.3 Å². The summed E-state index contributed by atoms with van der Waals surface area (Å²) >= 11 is 2.84. The van der Waals surface area contributed by atoms with Crippen LogP contribution in [0.2, 0.25) is 0 Å². The highest BCUT2D eigenvalue weighted by molar-refractivity contribution is 9.18. The fourth-order valence-corrected chi connectivity index (χ4v) is 1.34. The summed E-state index contributed by atoms with van der Waals surface area (Å²) in [4.78, 5) is 14.5. The van der Waals surface area contributed by atoms with Crippen LogP contribution in [0.5, 0.6) is 0 Å². The molecule has 0 aliphatic rings. The van der Waals surface area contributed by atoms with E-state index in [0.717, 1.165) is 5.56 Å². The summed E-state index contributed by atoms with van der Waals surface area (Å²) in [5.41, 5.74) is 1.08. The third-order valence-corrected chi connectivity index (χ3v) is 2.41. The zero-order valence-electron chi connectivity index (χ0n) is 8.25. The van der Waals surface area contributed by atoms with Gasteiger partial charge in [-0.3, -0.25) is 9.78 Å².